The summed E-state index contributed by atoms with van der Waals surface area (Å²) in [4.78, 5) is 21.5. The summed E-state index contributed by atoms with van der Waals surface area (Å²) >= 11 is 3.16. The van der Waals surface area contributed by atoms with Gasteiger partial charge >= 0.3 is 0 Å². The Hall–Kier alpha value is -3.02. The second kappa shape index (κ2) is 8.25. The second-order valence-electron chi connectivity index (χ2n) is 7.35. The van der Waals surface area contributed by atoms with Gasteiger partial charge < -0.3 is 4.42 Å². The first-order valence-electron chi connectivity index (χ1n) is 9.92. The van der Waals surface area contributed by atoms with Crippen molar-refractivity contribution in [1.29, 1.82) is 0 Å². The van der Waals surface area contributed by atoms with Crippen LogP contribution >= 0.6 is 23.5 Å². The zero-order valence-electron chi connectivity index (χ0n) is 17.1. The zero-order valence-corrected chi connectivity index (χ0v) is 18.7. The van der Waals surface area contributed by atoms with Gasteiger partial charge in [0.2, 0.25) is 0 Å². The van der Waals surface area contributed by atoms with Gasteiger partial charge in [0.1, 0.15) is 11.2 Å². The van der Waals surface area contributed by atoms with E-state index in [2.05, 4.69) is 25.1 Å². The summed E-state index contributed by atoms with van der Waals surface area (Å²) in [5.41, 5.74) is 4.44. The van der Waals surface area contributed by atoms with E-state index in [-0.39, 0.29) is 5.43 Å². The van der Waals surface area contributed by atoms with Crippen LogP contribution in [0.5, 0.6) is 0 Å². The first-order chi connectivity index (χ1) is 15.1. The van der Waals surface area contributed by atoms with Gasteiger partial charge in [-0.05, 0) is 61.4 Å². The highest BCUT2D eigenvalue weighted by molar-refractivity contribution is 7.99. The molecule has 0 N–H and O–H groups in total. The van der Waals surface area contributed by atoms with Crippen molar-refractivity contribution < 1.29 is 4.42 Å². The average Bonchev–Trinajstić information content (AvgIpc) is 2.76. The molecule has 0 fully saturated rings. The Balaban J connectivity index is 1.53. The van der Waals surface area contributed by atoms with Gasteiger partial charge in [-0.15, -0.1) is 0 Å². The molecule has 3 aromatic rings. The van der Waals surface area contributed by atoms with Crippen molar-refractivity contribution in [2.75, 3.05) is 0 Å². The van der Waals surface area contributed by atoms with Crippen LogP contribution in [0.3, 0.4) is 0 Å². The van der Waals surface area contributed by atoms with Crippen LogP contribution in [0.2, 0.25) is 0 Å². The predicted octanol–water partition coefficient (Wildman–Crippen LogP) is 7.21. The Morgan fingerprint density at radius 3 is 2.13 bits per heavy atom. The predicted molar refractivity (Wildman–Crippen MR) is 128 cm³/mol. The minimum absolute atomic E-state index is 0.0592. The SMILES string of the molecule is Cc1ccccc1Sc1ccc2nc3cc(Sc4ccccc4C)c(=O)cc-3oc2c1. The molecular formula is C26H19NO2S2. The largest absolute Gasteiger partial charge is 0.453 e. The third-order valence-electron chi connectivity index (χ3n) is 5.05. The number of rotatable bonds is 4. The average molecular weight is 442 g/mol. The topological polar surface area (TPSA) is 43.1 Å². The normalized spacial score (nSPS) is 11.3. The van der Waals surface area contributed by atoms with Crippen molar-refractivity contribution in [1.82, 2.24) is 4.98 Å². The quantitative estimate of drug-likeness (QED) is 0.276. The number of hydrogen-bond donors (Lipinski definition) is 0. The number of fused-ring (bicyclic) bond motifs is 2. The fraction of sp³-hybridized carbons (Fsp3) is 0.0769. The molecule has 0 amide bonds. The molecule has 0 aromatic heterocycles. The number of aryl methyl sites for hydroxylation is 2. The number of nitrogens with zero attached hydrogens (tertiary/aromatic N) is 1. The van der Waals surface area contributed by atoms with Gasteiger partial charge in [0, 0.05) is 20.8 Å². The third kappa shape index (κ3) is 4.11. The molecule has 3 aromatic carbocycles. The van der Waals surface area contributed by atoms with Gasteiger partial charge in [-0.1, -0.05) is 59.9 Å². The van der Waals surface area contributed by atoms with Gasteiger partial charge in [-0.25, -0.2) is 4.98 Å². The van der Waals surface area contributed by atoms with Gasteiger partial charge in [-0.3, -0.25) is 4.79 Å². The minimum Gasteiger partial charge on any atom is -0.453 e. The van der Waals surface area contributed by atoms with E-state index in [1.807, 2.05) is 61.5 Å². The molecule has 1 heterocycles. The van der Waals surface area contributed by atoms with Gasteiger partial charge in [0.15, 0.2) is 16.8 Å². The van der Waals surface area contributed by atoms with Crippen molar-refractivity contribution >= 4 is 34.6 Å². The molecule has 5 rings (SSSR count). The van der Waals surface area contributed by atoms with Crippen LogP contribution in [0.1, 0.15) is 11.1 Å². The van der Waals surface area contributed by atoms with Crippen LogP contribution < -0.4 is 5.43 Å². The van der Waals surface area contributed by atoms with Crippen LogP contribution in [0.25, 0.3) is 22.6 Å². The van der Waals surface area contributed by atoms with Gasteiger partial charge in [0.05, 0.1) is 4.90 Å². The number of benzene rings is 4. The molecule has 0 saturated carbocycles. The lowest BCUT2D eigenvalue weighted by Gasteiger charge is -2.10. The first kappa shape index (κ1) is 19.9. The summed E-state index contributed by atoms with van der Waals surface area (Å²) in [5.74, 6) is 0.504. The summed E-state index contributed by atoms with van der Waals surface area (Å²) in [6.07, 6.45) is 0. The van der Waals surface area contributed by atoms with Crippen molar-refractivity contribution in [3.8, 4) is 11.5 Å². The van der Waals surface area contributed by atoms with Crippen LogP contribution in [0, 0.1) is 13.8 Å². The van der Waals surface area contributed by atoms with Crippen molar-refractivity contribution in [3.05, 3.63) is 100 Å². The molecule has 0 unspecified atom stereocenters. The van der Waals surface area contributed by atoms with Gasteiger partial charge in [0.25, 0.3) is 0 Å². The van der Waals surface area contributed by atoms with Crippen molar-refractivity contribution in [3.63, 3.8) is 0 Å². The maximum absolute atomic E-state index is 12.7. The summed E-state index contributed by atoms with van der Waals surface area (Å²) < 4.78 is 6.08. The van der Waals surface area contributed by atoms with Gasteiger partial charge in [-0.2, -0.15) is 0 Å². The molecule has 0 spiro atoms. The maximum Gasteiger partial charge on any atom is 0.196 e. The van der Waals surface area contributed by atoms with E-state index in [1.54, 1.807) is 17.8 Å². The second-order valence-corrected chi connectivity index (χ2v) is 9.54. The summed E-state index contributed by atoms with van der Waals surface area (Å²) in [7, 11) is 0. The van der Waals surface area contributed by atoms with E-state index in [0.29, 0.717) is 21.9 Å². The van der Waals surface area contributed by atoms with E-state index in [4.69, 9.17) is 9.40 Å². The molecule has 1 aliphatic carbocycles. The summed E-state index contributed by atoms with van der Waals surface area (Å²) in [6.45, 7) is 4.15. The van der Waals surface area contributed by atoms with E-state index in [0.717, 1.165) is 20.9 Å². The number of aromatic nitrogens is 1. The van der Waals surface area contributed by atoms with Crippen LogP contribution in [-0.4, -0.2) is 4.98 Å². The molecule has 3 nitrogen and oxygen atoms in total. The Morgan fingerprint density at radius 2 is 1.42 bits per heavy atom. The van der Waals surface area contributed by atoms with Crippen molar-refractivity contribution in [2.45, 2.75) is 33.4 Å². The lowest BCUT2D eigenvalue weighted by molar-refractivity contribution is 0.610. The molecule has 31 heavy (non-hydrogen) atoms. The third-order valence-corrected chi connectivity index (χ3v) is 7.44. The maximum atomic E-state index is 12.7. The fourth-order valence-electron chi connectivity index (χ4n) is 3.35. The highest BCUT2D eigenvalue weighted by Gasteiger charge is 2.15. The summed E-state index contributed by atoms with van der Waals surface area (Å²) in [5, 5.41) is 0. The van der Waals surface area contributed by atoms with Crippen LogP contribution in [-0.2, 0) is 0 Å². The first-order valence-corrected chi connectivity index (χ1v) is 11.6. The Labute approximate surface area is 188 Å². The Kier molecular flexibility index (Phi) is 5.30. The van der Waals surface area contributed by atoms with E-state index < -0.39 is 0 Å². The lowest BCUT2D eigenvalue weighted by atomic mass is 10.2. The zero-order chi connectivity index (χ0) is 21.4. The molecule has 0 saturated heterocycles. The molecular weight excluding hydrogens is 422 g/mol. The standard InChI is InChI=1S/C26H19NO2S2/c1-16-7-3-5-9-24(16)30-18-11-12-19-22(13-18)29-23-15-21(28)26(14-20(23)27-19)31-25-10-6-4-8-17(25)2/h3-15H,1-2H3. The summed E-state index contributed by atoms with van der Waals surface area (Å²) in [6, 6.07) is 25.7. The van der Waals surface area contributed by atoms with Crippen LogP contribution in [0.4, 0.5) is 0 Å². The molecule has 2 aliphatic rings. The highest BCUT2D eigenvalue weighted by Crippen LogP contribution is 2.35. The van der Waals surface area contributed by atoms with Crippen LogP contribution in [0.15, 0.2) is 108 Å². The molecule has 1 aliphatic heterocycles. The Morgan fingerprint density at radius 1 is 0.742 bits per heavy atom. The number of hydrogen-bond acceptors (Lipinski definition) is 5. The molecule has 0 radical (unpaired) electrons. The molecule has 0 bridgehead atoms. The molecule has 152 valence electrons. The Bertz CT molecular complexity index is 1440. The molecule has 5 heteroatoms. The molecule has 0 atom stereocenters. The fourth-order valence-corrected chi connectivity index (χ4v) is 5.22. The lowest BCUT2D eigenvalue weighted by Crippen LogP contribution is -2.05. The van der Waals surface area contributed by atoms with E-state index >= 15 is 0 Å². The van der Waals surface area contributed by atoms with E-state index in [9.17, 15) is 4.79 Å². The smallest absolute Gasteiger partial charge is 0.196 e. The van der Waals surface area contributed by atoms with Crippen molar-refractivity contribution in [2.24, 2.45) is 0 Å². The van der Waals surface area contributed by atoms with E-state index in [1.165, 1.54) is 22.2 Å². The highest BCUT2D eigenvalue weighted by atomic mass is 32.2. The monoisotopic (exact) mass is 441 g/mol. The minimum atomic E-state index is -0.0592.